The Balaban J connectivity index is 2.29. The zero-order valence-corrected chi connectivity index (χ0v) is 11.5. The zero-order chi connectivity index (χ0) is 14.9. The minimum absolute atomic E-state index is 0.0712. The van der Waals surface area contributed by atoms with E-state index in [4.69, 9.17) is 4.74 Å². The molecule has 2 aromatic rings. The van der Waals surface area contributed by atoms with E-state index < -0.39 is 17.5 Å². The van der Waals surface area contributed by atoms with Gasteiger partial charge in [-0.3, -0.25) is 0 Å². The van der Waals surface area contributed by atoms with Gasteiger partial charge in [-0.05, 0) is 36.1 Å². The second-order valence-corrected chi connectivity index (χ2v) is 4.98. The van der Waals surface area contributed by atoms with Gasteiger partial charge in [0.15, 0.2) is 17.5 Å². The van der Waals surface area contributed by atoms with Crippen molar-refractivity contribution in [1.29, 1.82) is 0 Å². The maximum atomic E-state index is 13.1. The van der Waals surface area contributed by atoms with Crippen molar-refractivity contribution in [3.05, 3.63) is 58.9 Å². The van der Waals surface area contributed by atoms with Gasteiger partial charge in [0, 0.05) is 12.1 Å². The Kier molecular flexibility index (Phi) is 4.02. The molecule has 0 fully saturated rings. The van der Waals surface area contributed by atoms with Crippen LogP contribution in [-0.2, 0) is 0 Å². The average molecular weight is 280 g/mol. The highest BCUT2D eigenvalue weighted by molar-refractivity contribution is 5.39. The quantitative estimate of drug-likeness (QED) is 0.691. The third kappa shape index (κ3) is 2.95. The highest BCUT2D eigenvalue weighted by Crippen LogP contribution is 2.28. The van der Waals surface area contributed by atoms with E-state index in [1.165, 1.54) is 5.56 Å². The van der Waals surface area contributed by atoms with Gasteiger partial charge < -0.3 is 4.74 Å². The summed E-state index contributed by atoms with van der Waals surface area (Å²) in [4.78, 5) is 0. The maximum Gasteiger partial charge on any atom is 0.194 e. The lowest BCUT2D eigenvalue weighted by Crippen LogP contribution is -1.95. The molecule has 2 rings (SSSR count). The van der Waals surface area contributed by atoms with E-state index in [1.54, 1.807) is 12.1 Å². The molecule has 2 aromatic carbocycles. The van der Waals surface area contributed by atoms with Crippen LogP contribution in [0.3, 0.4) is 0 Å². The Bertz CT molecular complexity index is 613. The zero-order valence-electron chi connectivity index (χ0n) is 11.5. The molecule has 0 aromatic heterocycles. The normalized spacial score (nSPS) is 10.9. The van der Waals surface area contributed by atoms with Crippen LogP contribution in [-0.4, -0.2) is 0 Å². The van der Waals surface area contributed by atoms with Crippen molar-refractivity contribution >= 4 is 0 Å². The van der Waals surface area contributed by atoms with Gasteiger partial charge in [0.05, 0.1) is 0 Å². The topological polar surface area (TPSA) is 9.23 Å². The standard InChI is InChI=1S/C16H15F3O/c1-9(2)13-5-4-11(6-10(13)3)20-12-7-14(17)16(19)15(18)8-12/h4-9H,1-3H3. The van der Waals surface area contributed by atoms with Crippen molar-refractivity contribution in [2.45, 2.75) is 26.7 Å². The van der Waals surface area contributed by atoms with Crippen molar-refractivity contribution in [1.82, 2.24) is 0 Å². The SMILES string of the molecule is Cc1cc(Oc2cc(F)c(F)c(F)c2)ccc1C(C)C. The molecule has 4 heteroatoms. The van der Waals surface area contributed by atoms with Gasteiger partial charge >= 0.3 is 0 Å². The highest BCUT2D eigenvalue weighted by atomic mass is 19.2. The van der Waals surface area contributed by atoms with Crippen molar-refractivity contribution in [2.24, 2.45) is 0 Å². The van der Waals surface area contributed by atoms with Crippen molar-refractivity contribution < 1.29 is 17.9 Å². The van der Waals surface area contributed by atoms with E-state index in [9.17, 15) is 13.2 Å². The molecule has 0 aliphatic rings. The van der Waals surface area contributed by atoms with E-state index in [0.717, 1.165) is 17.7 Å². The summed E-state index contributed by atoms with van der Waals surface area (Å²) >= 11 is 0. The van der Waals surface area contributed by atoms with Crippen LogP contribution in [0.4, 0.5) is 13.2 Å². The third-order valence-electron chi connectivity index (χ3n) is 3.06. The van der Waals surface area contributed by atoms with E-state index in [2.05, 4.69) is 13.8 Å². The predicted molar refractivity (Wildman–Crippen MR) is 71.7 cm³/mol. The maximum absolute atomic E-state index is 13.1. The summed E-state index contributed by atoms with van der Waals surface area (Å²) in [5.41, 5.74) is 2.20. The van der Waals surface area contributed by atoms with Gasteiger partial charge in [0.25, 0.3) is 0 Å². The predicted octanol–water partition coefficient (Wildman–Crippen LogP) is 5.33. The summed E-state index contributed by atoms with van der Waals surface area (Å²) < 4.78 is 44.4. The third-order valence-corrected chi connectivity index (χ3v) is 3.06. The molecular formula is C16H15F3O. The summed E-state index contributed by atoms with van der Waals surface area (Å²) in [5, 5.41) is 0. The molecule has 20 heavy (non-hydrogen) atoms. The van der Waals surface area contributed by atoms with Crippen LogP contribution < -0.4 is 4.74 Å². The number of hydrogen-bond acceptors (Lipinski definition) is 1. The Labute approximate surface area is 116 Å². The fourth-order valence-electron chi connectivity index (χ4n) is 2.09. The van der Waals surface area contributed by atoms with Gasteiger partial charge in [-0.1, -0.05) is 19.9 Å². The molecule has 0 radical (unpaired) electrons. The first-order valence-corrected chi connectivity index (χ1v) is 6.31. The fourth-order valence-corrected chi connectivity index (χ4v) is 2.09. The average Bonchev–Trinajstić information content (AvgIpc) is 2.35. The summed E-state index contributed by atoms with van der Waals surface area (Å²) in [6, 6.07) is 7.07. The van der Waals surface area contributed by atoms with Gasteiger partial charge in [-0.15, -0.1) is 0 Å². The van der Waals surface area contributed by atoms with Gasteiger partial charge in [-0.25, -0.2) is 13.2 Å². The van der Waals surface area contributed by atoms with Crippen LogP contribution in [0.5, 0.6) is 11.5 Å². The first-order valence-electron chi connectivity index (χ1n) is 6.31. The van der Waals surface area contributed by atoms with Crippen molar-refractivity contribution in [3.8, 4) is 11.5 Å². The van der Waals surface area contributed by atoms with E-state index in [-0.39, 0.29) is 5.75 Å². The molecule has 0 saturated carbocycles. The van der Waals surface area contributed by atoms with E-state index in [0.29, 0.717) is 11.7 Å². The number of aryl methyl sites for hydroxylation is 1. The van der Waals surface area contributed by atoms with Gasteiger partial charge in [-0.2, -0.15) is 0 Å². The minimum Gasteiger partial charge on any atom is -0.457 e. The van der Waals surface area contributed by atoms with Crippen LogP contribution in [0.15, 0.2) is 30.3 Å². The smallest absolute Gasteiger partial charge is 0.194 e. The molecule has 0 aliphatic heterocycles. The van der Waals surface area contributed by atoms with Crippen LogP contribution in [0.25, 0.3) is 0 Å². The molecule has 0 amide bonds. The minimum atomic E-state index is -1.50. The highest BCUT2D eigenvalue weighted by Gasteiger charge is 2.12. The molecule has 0 spiro atoms. The second kappa shape index (κ2) is 5.57. The molecule has 0 N–H and O–H groups in total. The summed E-state index contributed by atoms with van der Waals surface area (Å²) in [6.07, 6.45) is 0. The Morgan fingerprint density at radius 2 is 1.50 bits per heavy atom. The lowest BCUT2D eigenvalue weighted by atomic mass is 9.98. The lowest BCUT2D eigenvalue weighted by molar-refractivity contribution is 0.423. The van der Waals surface area contributed by atoms with Gasteiger partial charge in [0.2, 0.25) is 0 Å². The Morgan fingerprint density at radius 3 is 2.00 bits per heavy atom. The van der Waals surface area contributed by atoms with Crippen LogP contribution in [0.2, 0.25) is 0 Å². The number of halogens is 3. The molecule has 0 atom stereocenters. The molecule has 1 nitrogen and oxygen atoms in total. The Morgan fingerprint density at radius 1 is 0.900 bits per heavy atom. The molecule has 0 unspecified atom stereocenters. The number of hydrogen-bond donors (Lipinski definition) is 0. The summed E-state index contributed by atoms with van der Waals surface area (Å²) in [7, 11) is 0. The summed E-state index contributed by atoms with van der Waals surface area (Å²) in [5.74, 6) is -3.27. The molecule has 0 bridgehead atoms. The number of rotatable bonds is 3. The van der Waals surface area contributed by atoms with E-state index in [1.807, 2.05) is 13.0 Å². The van der Waals surface area contributed by atoms with Gasteiger partial charge in [0.1, 0.15) is 11.5 Å². The van der Waals surface area contributed by atoms with E-state index >= 15 is 0 Å². The number of ether oxygens (including phenoxy) is 1. The summed E-state index contributed by atoms with van der Waals surface area (Å²) in [6.45, 7) is 6.09. The molecule has 0 heterocycles. The molecule has 106 valence electrons. The second-order valence-electron chi connectivity index (χ2n) is 4.98. The lowest BCUT2D eigenvalue weighted by Gasteiger charge is -2.12. The monoisotopic (exact) mass is 280 g/mol. The molecule has 0 saturated heterocycles. The largest absolute Gasteiger partial charge is 0.457 e. The number of benzene rings is 2. The molecular weight excluding hydrogens is 265 g/mol. The van der Waals surface area contributed by atoms with Crippen LogP contribution in [0.1, 0.15) is 30.9 Å². The van der Waals surface area contributed by atoms with Crippen molar-refractivity contribution in [2.75, 3.05) is 0 Å². The Hall–Kier alpha value is -1.97. The molecule has 0 aliphatic carbocycles. The van der Waals surface area contributed by atoms with Crippen molar-refractivity contribution in [3.63, 3.8) is 0 Å². The van der Waals surface area contributed by atoms with Crippen LogP contribution in [0, 0.1) is 24.4 Å². The first kappa shape index (κ1) is 14.4. The fraction of sp³-hybridized carbons (Fsp3) is 0.250. The first-order chi connectivity index (χ1) is 9.38. The van der Waals surface area contributed by atoms with Crippen LogP contribution >= 0.6 is 0 Å².